The van der Waals surface area contributed by atoms with Gasteiger partial charge in [0.15, 0.2) is 15.7 Å². The highest BCUT2D eigenvalue weighted by atomic mass is 32.2. The highest BCUT2D eigenvalue weighted by Crippen LogP contribution is 2.16. The van der Waals surface area contributed by atoms with Crippen molar-refractivity contribution in [3.05, 3.63) is 41.5 Å². The summed E-state index contributed by atoms with van der Waals surface area (Å²) in [7, 11) is -3.53. The lowest BCUT2D eigenvalue weighted by Crippen LogP contribution is -2.31. The van der Waals surface area contributed by atoms with Crippen LogP contribution in [0.3, 0.4) is 0 Å². The first-order chi connectivity index (χ1) is 12.9. The molecule has 0 N–H and O–H groups in total. The van der Waals surface area contributed by atoms with Crippen LogP contribution in [0.4, 0.5) is 0 Å². The molecule has 1 fully saturated rings. The molecule has 146 valence electrons. The number of hydrogen-bond donors (Lipinski definition) is 0. The van der Waals surface area contributed by atoms with Crippen molar-refractivity contribution in [1.82, 2.24) is 15.0 Å². The van der Waals surface area contributed by atoms with Crippen LogP contribution in [0.5, 0.6) is 0 Å². The van der Waals surface area contributed by atoms with Gasteiger partial charge in [0, 0.05) is 25.9 Å². The molecule has 2 aromatic rings. The highest BCUT2D eigenvalue weighted by Gasteiger charge is 2.20. The van der Waals surface area contributed by atoms with Gasteiger partial charge in [-0.15, -0.1) is 0 Å². The predicted octanol–water partition coefficient (Wildman–Crippen LogP) is 2.69. The van der Waals surface area contributed by atoms with E-state index in [0.717, 1.165) is 31.5 Å². The molecule has 1 amide bonds. The second-order valence-corrected chi connectivity index (χ2v) is 8.96. The molecule has 1 aromatic heterocycles. The number of aromatic nitrogens is 2. The lowest BCUT2D eigenvalue weighted by molar-refractivity contribution is -0.131. The van der Waals surface area contributed by atoms with Crippen molar-refractivity contribution in [2.45, 2.75) is 56.1 Å². The van der Waals surface area contributed by atoms with Crippen molar-refractivity contribution in [2.24, 2.45) is 0 Å². The molecule has 0 bridgehead atoms. The number of nitrogens with zero attached hydrogens (tertiary/aromatic N) is 3. The van der Waals surface area contributed by atoms with E-state index in [9.17, 15) is 13.2 Å². The van der Waals surface area contributed by atoms with Crippen LogP contribution < -0.4 is 0 Å². The fourth-order valence-electron chi connectivity index (χ4n) is 3.14. The van der Waals surface area contributed by atoms with E-state index in [2.05, 4.69) is 10.1 Å². The summed E-state index contributed by atoms with van der Waals surface area (Å²) < 4.78 is 30.0. The zero-order valence-electron chi connectivity index (χ0n) is 15.6. The third kappa shape index (κ3) is 5.38. The van der Waals surface area contributed by atoms with Crippen molar-refractivity contribution >= 4 is 15.7 Å². The van der Waals surface area contributed by atoms with Crippen molar-refractivity contribution in [1.29, 1.82) is 0 Å². The SMILES string of the molecule is Cc1ccc(S(=O)(=O)Cc2noc(CCC(=O)N3CCCCCC3)n2)cc1. The molecule has 1 aliphatic rings. The number of carbonyl (C=O) groups excluding carboxylic acids is 1. The van der Waals surface area contributed by atoms with Crippen molar-refractivity contribution in [3.63, 3.8) is 0 Å². The second-order valence-electron chi connectivity index (χ2n) is 6.97. The summed E-state index contributed by atoms with van der Waals surface area (Å²) in [6, 6.07) is 6.66. The smallest absolute Gasteiger partial charge is 0.227 e. The van der Waals surface area contributed by atoms with Crippen LogP contribution >= 0.6 is 0 Å². The van der Waals surface area contributed by atoms with E-state index in [-0.39, 0.29) is 22.4 Å². The van der Waals surface area contributed by atoms with E-state index < -0.39 is 9.84 Å². The van der Waals surface area contributed by atoms with Crippen LogP contribution in [0, 0.1) is 6.92 Å². The van der Waals surface area contributed by atoms with Gasteiger partial charge < -0.3 is 9.42 Å². The maximum absolute atomic E-state index is 12.4. The Morgan fingerprint density at radius 1 is 1.11 bits per heavy atom. The number of benzene rings is 1. The Hall–Kier alpha value is -2.22. The van der Waals surface area contributed by atoms with E-state index in [1.165, 1.54) is 12.8 Å². The molecule has 0 radical (unpaired) electrons. The Labute approximate surface area is 159 Å². The minimum absolute atomic E-state index is 0.0870. The molecule has 0 aliphatic carbocycles. The minimum Gasteiger partial charge on any atom is -0.343 e. The average Bonchev–Trinajstić information content (AvgIpc) is 2.90. The lowest BCUT2D eigenvalue weighted by Gasteiger charge is -2.19. The topological polar surface area (TPSA) is 93.4 Å². The standard InChI is InChI=1S/C19H25N3O4S/c1-15-6-8-16(9-7-15)27(24,25)14-17-20-18(26-21-17)10-11-19(23)22-12-4-2-3-5-13-22/h6-9H,2-5,10-14H2,1H3. The van der Waals surface area contributed by atoms with Crippen LogP contribution in [0.15, 0.2) is 33.7 Å². The van der Waals surface area contributed by atoms with E-state index in [4.69, 9.17) is 4.52 Å². The summed E-state index contributed by atoms with van der Waals surface area (Å²) in [6.07, 6.45) is 5.07. The van der Waals surface area contributed by atoms with Crippen molar-refractivity contribution < 1.29 is 17.7 Å². The lowest BCUT2D eigenvalue weighted by atomic mass is 10.2. The first-order valence-corrected chi connectivity index (χ1v) is 11.0. The highest BCUT2D eigenvalue weighted by molar-refractivity contribution is 7.90. The first kappa shape index (κ1) is 19.5. The van der Waals surface area contributed by atoms with Gasteiger partial charge in [0.05, 0.1) is 4.90 Å². The number of carbonyl (C=O) groups is 1. The van der Waals surface area contributed by atoms with Gasteiger partial charge in [-0.05, 0) is 31.9 Å². The van der Waals surface area contributed by atoms with Gasteiger partial charge in [0.1, 0.15) is 5.75 Å². The molecule has 0 atom stereocenters. The summed E-state index contributed by atoms with van der Waals surface area (Å²) in [6.45, 7) is 3.51. The van der Waals surface area contributed by atoms with Crippen LogP contribution in [-0.2, 0) is 26.8 Å². The molecule has 8 heteroatoms. The molecule has 0 saturated carbocycles. The number of aryl methyl sites for hydroxylation is 2. The fourth-order valence-corrected chi connectivity index (χ4v) is 4.32. The molecule has 1 aliphatic heterocycles. The van der Waals surface area contributed by atoms with Crippen LogP contribution in [0.25, 0.3) is 0 Å². The maximum Gasteiger partial charge on any atom is 0.227 e. The quantitative estimate of drug-likeness (QED) is 0.751. The third-order valence-electron chi connectivity index (χ3n) is 4.72. The molecule has 0 spiro atoms. The molecule has 0 unspecified atom stereocenters. The van der Waals surface area contributed by atoms with Crippen molar-refractivity contribution in [3.8, 4) is 0 Å². The third-order valence-corrected chi connectivity index (χ3v) is 6.35. The summed E-state index contributed by atoms with van der Waals surface area (Å²) in [5.41, 5.74) is 0.991. The average molecular weight is 391 g/mol. The number of hydrogen-bond acceptors (Lipinski definition) is 6. The van der Waals surface area contributed by atoms with Gasteiger partial charge in [0.25, 0.3) is 0 Å². The molecular weight excluding hydrogens is 366 g/mol. The largest absolute Gasteiger partial charge is 0.343 e. The summed E-state index contributed by atoms with van der Waals surface area (Å²) in [5.74, 6) is 0.184. The minimum atomic E-state index is -3.53. The predicted molar refractivity (Wildman–Crippen MR) is 99.7 cm³/mol. The Morgan fingerprint density at radius 2 is 1.78 bits per heavy atom. The van der Waals surface area contributed by atoms with E-state index in [1.54, 1.807) is 24.3 Å². The molecule has 7 nitrogen and oxygen atoms in total. The summed E-state index contributed by atoms with van der Waals surface area (Å²) in [4.78, 5) is 18.6. The normalized spacial score (nSPS) is 15.5. The van der Waals surface area contributed by atoms with E-state index in [1.807, 2.05) is 11.8 Å². The van der Waals surface area contributed by atoms with Crippen LogP contribution in [0.2, 0.25) is 0 Å². The zero-order chi connectivity index (χ0) is 19.3. The van der Waals surface area contributed by atoms with Crippen LogP contribution in [0.1, 0.15) is 49.4 Å². The molecular formula is C19H25N3O4S. The van der Waals surface area contributed by atoms with Gasteiger partial charge in [-0.25, -0.2) is 8.42 Å². The van der Waals surface area contributed by atoms with E-state index in [0.29, 0.717) is 18.7 Å². The second kappa shape index (κ2) is 8.65. The Bertz CT molecular complexity index is 867. The monoisotopic (exact) mass is 391 g/mol. The van der Waals surface area contributed by atoms with Gasteiger partial charge in [0.2, 0.25) is 11.8 Å². The Balaban J connectivity index is 1.56. The van der Waals surface area contributed by atoms with Gasteiger partial charge in [-0.1, -0.05) is 35.7 Å². The summed E-state index contributed by atoms with van der Waals surface area (Å²) in [5, 5.41) is 3.76. The van der Waals surface area contributed by atoms with Crippen LogP contribution in [-0.4, -0.2) is 42.5 Å². The van der Waals surface area contributed by atoms with Gasteiger partial charge in [-0.3, -0.25) is 4.79 Å². The number of likely N-dealkylation sites (tertiary alicyclic amines) is 1. The molecule has 1 aromatic carbocycles. The molecule has 1 saturated heterocycles. The fraction of sp³-hybridized carbons (Fsp3) is 0.526. The Morgan fingerprint density at radius 3 is 2.44 bits per heavy atom. The van der Waals surface area contributed by atoms with Gasteiger partial charge >= 0.3 is 0 Å². The zero-order valence-corrected chi connectivity index (χ0v) is 16.4. The molecule has 3 rings (SSSR count). The van der Waals surface area contributed by atoms with Crippen molar-refractivity contribution in [2.75, 3.05) is 13.1 Å². The molecule has 27 heavy (non-hydrogen) atoms. The van der Waals surface area contributed by atoms with E-state index >= 15 is 0 Å². The maximum atomic E-state index is 12.4. The van der Waals surface area contributed by atoms with Gasteiger partial charge in [-0.2, -0.15) is 4.98 Å². The number of sulfone groups is 1. The number of rotatable bonds is 6. The number of amides is 1. The Kier molecular flexibility index (Phi) is 6.26. The molecule has 2 heterocycles. The first-order valence-electron chi connectivity index (χ1n) is 9.33. The summed E-state index contributed by atoms with van der Waals surface area (Å²) >= 11 is 0.